The number of hydrogen-bond donors (Lipinski definition) is 0. The molecule has 0 spiro atoms. The molecule has 1 aliphatic heterocycles. The summed E-state index contributed by atoms with van der Waals surface area (Å²) >= 11 is 0. The van der Waals surface area contributed by atoms with E-state index in [0.29, 0.717) is 27.8 Å². The average Bonchev–Trinajstić information content (AvgIpc) is 3.30. The van der Waals surface area contributed by atoms with Crippen molar-refractivity contribution in [2.24, 2.45) is 0 Å². The Kier molecular flexibility index (Phi) is 11.7. The first-order valence-corrected chi connectivity index (χ1v) is 19.1. The second-order valence-electron chi connectivity index (χ2n) is 13.7. The van der Waals surface area contributed by atoms with Gasteiger partial charge < -0.3 is 28.4 Å². The van der Waals surface area contributed by atoms with Crippen molar-refractivity contribution in [2.75, 3.05) is 0 Å². The van der Waals surface area contributed by atoms with E-state index < -0.39 is 42.1 Å². The Bertz CT molecular complexity index is 2680. The molecule has 2 atom stereocenters. The molecular weight excluding hydrogens is 777 g/mol. The molecule has 1 heterocycles. The predicted octanol–water partition coefficient (Wildman–Crippen LogP) is 9.47. The lowest BCUT2D eigenvalue weighted by atomic mass is 9.93. The Morgan fingerprint density at radius 2 is 0.803 bits per heavy atom. The van der Waals surface area contributed by atoms with Crippen LogP contribution in [0.25, 0.3) is 0 Å². The number of hydrogen-bond acceptors (Lipinski definition) is 11. The van der Waals surface area contributed by atoms with Gasteiger partial charge in [0.25, 0.3) is 0 Å². The van der Waals surface area contributed by atoms with Gasteiger partial charge in [0.2, 0.25) is 0 Å². The summed E-state index contributed by atoms with van der Waals surface area (Å²) in [7, 11) is 0. The zero-order valence-corrected chi connectivity index (χ0v) is 32.2. The van der Waals surface area contributed by atoms with Crippen LogP contribution >= 0.6 is 0 Å². The van der Waals surface area contributed by atoms with E-state index in [9.17, 15) is 24.0 Å². The van der Waals surface area contributed by atoms with Gasteiger partial charge in [0, 0.05) is 24.1 Å². The average molecular weight is 811 g/mol. The van der Waals surface area contributed by atoms with Gasteiger partial charge in [-0.25, -0.2) is 24.0 Å². The minimum atomic E-state index is -1.01. The molecule has 1 aliphatic rings. The number of ether oxygens (including phenoxy) is 6. The zero-order chi connectivity index (χ0) is 42.1. The number of carbonyl (C=O) groups excluding carboxylic acids is 5. The molecule has 0 saturated heterocycles. The summed E-state index contributed by atoms with van der Waals surface area (Å²) in [5, 5.41) is 0. The van der Waals surface area contributed by atoms with Gasteiger partial charge in [-0.05, 0) is 90.5 Å². The molecule has 7 aromatic carbocycles. The van der Waals surface area contributed by atoms with Crippen LogP contribution in [0.3, 0.4) is 0 Å². The quantitative estimate of drug-likeness (QED) is 0.0911. The van der Waals surface area contributed by atoms with Gasteiger partial charge in [-0.2, -0.15) is 0 Å². The third-order valence-corrected chi connectivity index (χ3v) is 9.57. The highest BCUT2D eigenvalue weighted by atomic mass is 16.6. The van der Waals surface area contributed by atoms with Gasteiger partial charge in [0.1, 0.15) is 34.9 Å². The van der Waals surface area contributed by atoms with Gasteiger partial charge in [-0.3, -0.25) is 0 Å². The van der Waals surface area contributed by atoms with E-state index in [1.807, 2.05) is 0 Å². The number of benzene rings is 7. The Morgan fingerprint density at radius 1 is 0.410 bits per heavy atom. The van der Waals surface area contributed by atoms with Crippen LogP contribution in [0.5, 0.6) is 28.7 Å². The molecule has 0 unspecified atom stereocenters. The normalized spacial score (nSPS) is 14.0. The third kappa shape index (κ3) is 9.54. The van der Waals surface area contributed by atoms with Gasteiger partial charge >= 0.3 is 29.8 Å². The van der Waals surface area contributed by atoms with E-state index in [2.05, 4.69) is 0 Å². The fourth-order valence-corrected chi connectivity index (χ4v) is 6.50. The van der Waals surface area contributed by atoms with Crippen molar-refractivity contribution in [3.63, 3.8) is 0 Å². The smallest absolute Gasteiger partial charge is 0.343 e. The third-order valence-electron chi connectivity index (χ3n) is 9.57. The number of fused-ring (bicyclic) bond motifs is 1. The zero-order valence-electron chi connectivity index (χ0n) is 32.2. The van der Waals surface area contributed by atoms with Gasteiger partial charge in [0.05, 0.1) is 27.8 Å². The Hall–Kier alpha value is -8.31. The van der Waals surface area contributed by atoms with Crippen molar-refractivity contribution >= 4 is 29.8 Å². The highest BCUT2D eigenvalue weighted by Gasteiger charge is 2.37. The van der Waals surface area contributed by atoms with Gasteiger partial charge in [-0.1, -0.05) is 84.9 Å². The standard InChI is InChI=1S/C50H34O11/c51-46(33-13-5-1-6-14-33)56-38-25-21-32(22-26-38)45-44(61-50(55)37-23-27-39(28-24-37)57-47(52)34-15-7-2-8-16-34)31-41-42(59-45)29-40(58-48(53)35-17-9-3-10-18-35)30-43(41)60-49(54)36-19-11-4-12-20-36/h1-30,44-45H,31H2/t44-,45-/m0/s1. The minimum absolute atomic E-state index is 0.00638. The van der Waals surface area contributed by atoms with Crippen molar-refractivity contribution in [1.82, 2.24) is 0 Å². The summed E-state index contributed by atoms with van der Waals surface area (Å²) in [4.78, 5) is 65.8. The van der Waals surface area contributed by atoms with Crippen LogP contribution in [0.4, 0.5) is 0 Å². The lowest BCUT2D eigenvalue weighted by Gasteiger charge is -2.34. The summed E-state index contributed by atoms with van der Waals surface area (Å²) in [5.74, 6) is -2.40. The maximum atomic E-state index is 13.8. The second-order valence-corrected chi connectivity index (χ2v) is 13.7. The van der Waals surface area contributed by atoms with Crippen molar-refractivity contribution in [3.8, 4) is 28.7 Å². The topological polar surface area (TPSA) is 141 Å². The van der Waals surface area contributed by atoms with Crippen LogP contribution in [0.1, 0.15) is 69.0 Å². The second kappa shape index (κ2) is 18.1. The highest BCUT2D eigenvalue weighted by Crippen LogP contribution is 2.44. The predicted molar refractivity (Wildman–Crippen MR) is 221 cm³/mol. The van der Waals surface area contributed by atoms with Gasteiger partial charge in [0.15, 0.2) is 6.10 Å². The van der Waals surface area contributed by atoms with Crippen LogP contribution in [0.2, 0.25) is 0 Å². The van der Waals surface area contributed by atoms with Crippen LogP contribution < -0.4 is 23.7 Å². The van der Waals surface area contributed by atoms with E-state index in [1.54, 1.807) is 146 Å². The molecule has 7 aromatic rings. The monoisotopic (exact) mass is 810 g/mol. The largest absolute Gasteiger partial charge is 0.481 e. The molecule has 0 saturated carbocycles. The Balaban J connectivity index is 1.11. The van der Waals surface area contributed by atoms with E-state index in [4.69, 9.17) is 28.4 Å². The van der Waals surface area contributed by atoms with Crippen molar-refractivity contribution in [2.45, 2.75) is 18.6 Å². The summed E-state index contributed by atoms with van der Waals surface area (Å²) < 4.78 is 35.5. The SMILES string of the molecule is O=C(Oc1ccc(C(=O)O[C@H]2Cc3c(OC(=O)c4ccccc4)cc(OC(=O)c4ccccc4)cc3O[C@H]2c2ccc(OC(=O)c3ccccc3)cc2)cc1)c1ccccc1. The van der Waals surface area contributed by atoms with Crippen LogP contribution in [0, 0.1) is 0 Å². The maximum absolute atomic E-state index is 13.8. The summed E-state index contributed by atoms with van der Waals surface area (Å²) in [6.45, 7) is 0. The van der Waals surface area contributed by atoms with E-state index in [0.717, 1.165) is 0 Å². The number of carbonyl (C=O) groups is 5. The first-order valence-electron chi connectivity index (χ1n) is 19.1. The molecule has 0 bridgehead atoms. The Labute approximate surface area is 349 Å². The highest BCUT2D eigenvalue weighted by molar-refractivity contribution is 5.94. The molecule has 0 N–H and O–H groups in total. The lowest BCUT2D eigenvalue weighted by Crippen LogP contribution is -2.35. The Morgan fingerprint density at radius 3 is 1.26 bits per heavy atom. The number of esters is 5. The van der Waals surface area contributed by atoms with Crippen molar-refractivity contribution in [1.29, 1.82) is 0 Å². The molecule has 0 amide bonds. The summed E-state index contributed by atoms with van der Waals surface area (Å²) in [5.41, 5.74) is 2.38. The molecule has 0 aromatic heterocycles. The van der Waals surface area contributed by atoms with Crippen LogP contribution in [-0.2, 0) is 11.2 Å². The fourth-order valence-electron chi connectivity index (χ4n) is 6.50. The molecule has 0 fully saturated rings. The molecule has 11 nitrogen and oxygen atoms in total. The molecule has 0 radical (unpaired) electrons. The lowest BCUT2D eigenvalue weighted by molar-refractivity contribution is -0.0189. The van der Waals surface area contributed by atoms with Crippen LogP contribution in [0.15, 0.2) is 182 Å². The van der Waals surface area contributed by atoms with Gasteiger partial charge in [-0.15, -0.1) is 0 Å². The summed E-state index contributed by atoms with van der Waals surface area (Å²) in [6.07, 6.45) is -1.98. The number of rotatable bonds is 11. The molecule has 0 aliphatic carbocycles. The first-order chi connectivity index (χ1) is 29.8. The van der Waals surface area contributed by atoms with Crippen molar-refractivity contribution < 1.29 is 52.4 Å². The molecule has 8 rings (SSSR count). The minimum Gasteiger partial charge on any atom is -0.481 e. The van der Waals surface area contributed by atoms with Crippen molar-refractivity contribution in [3.05, 3.63) is 221 Å². The van der Waals surface area contributed by atoms with E-state index >= 15 is 0 Å². The molecule has 300 valence electrons. The molecular formula is C50H34O11. The molecule has 11 heteroatoms. The van der Waals surface area contributed by atoms with E-state index in [1.165, 1.54) is 36.4 Å². The van der Waals surface area contributed by atoms with E-state index in [-0.39, 0.29) is 46.3 Å². The maximum Gasteiger partial charge on any atom is 0.343 e. The fraction of sp³-hybridized carbons (Fsp3) is 0.0600. The summed E-state index contributed by atoms with van der Waals surface area (Å²) in [6, 6.07) is 49.1. The first kappa shape index (κ1) is 39.5. The van der Waals surface area contributed by atoms with Crippen LogP contribution in [-0.4, -0.2) is 36.0 Å². The molecule has 61 heavy (non-hydrogen) atoms.